The van der Waals surface area contributed by atoms with Crippen LogP contribution < -0.4 is 0 Å². The maximum absolute atomic E-state index is 13.6. The van der Waals surface area contributed by atoms with Gasteiger partial charge in [0.2, 0.25) is 0 Å². The maximum Gasteiger partial charge on any atom is 0.316 e. The third kappa shape index (κ3) is 4.43. The number of ketones is 1. The van der Waals surface area contributed by atoms with Crippen molar-refractivity contribution in [2.24, 2.45) is 56.7 Å². The maximum atomic E-state index is 13.6. The lowest BCUT2D eigenvalue weighted by atomic mass is 9.34. The normalized spacial score (nSPS) is 41.4. The van der Waals surface area contributed by atoms with Gasteiger partial charge in [-0.25, -0.2) is 0 Å². The number of esters is 2. The monoisotopic (exact) mass is 542 g/mol. The van der Waals surface area contributed by atoms with E-state index in [0.29, 0.717) is 12.3 Å². The molecule has 0 aromatic rings. The SMILES string of the molecule is CCCC(C)(C)C[C@H]1C2=CCC3C4(C)CC(C(=O)OC)C(=O)C(C)(C)C4CC[C@@]3(C)[C@]2(C)CC[C@@H]1C(=O)OC. The van der Waals surface area contributed by atoms with Crippen LogP contribution in [0.25, 0.3) is 0 Å². The zero-order valence-corrected chi connectivity index (χ0v) is 26.4. The Morgan fingerprint density at radius 1 is 0.974 bits per heavy atom. The molecule has 0 aromatic carbocycles. The predicted molar refractivity (Wildman–Crippen MR) is 154 cm³/mol. The van der Waals surface area contributed by atoms with Gasteiger partial charge in [0.25, 0.3) is 0 Å². The molecule has 8 atom stereocenters. The third-order valence-electron chi connectivity index (χ3n) is 12.8. The van der Waals surface area contributed by atoms with E-state index >= 15 is 0 Å². The van der Waals surface area contributed by atoms with E-state index in [1.165, 1.54) is 19.8 Å². The van der Waals surface area contributed by atoms with E-state index in [-0.39, 0.29) is 57.1 Å². The summed E-state index contributed by atoms with van der Waals surface area (Å²) >= 11 is 0. The Bertz CT molecular complexity index is 1040. The average molecular weight is 543 g/mol. The molecule has 0 N–H and O–H groups in total. The fourth-order valence-corrected chi connectivity index (χ4v) is 10.8. The van der Waals surface area contributed by atoms with Crippen molar-refractivity contribution in [3.8, 4) is 0 Å². The highest BCUT2D eigenvalue weighted by atomic mass is 16.5. The van der Waals surface area contributed by atoms with Crippen LogP contribution in [0.3, 0.4) is 0 Å². The van der Waals surface area contributed by atoms with E-state index in [2.05, 4.69) is 61.5 Å². The number of carbonyl (C=O) groups excluding carboxylic acids is 3. The van der Waals surface area contributed by atoms with Crippen molar-refractivity contribution in [3.63, 3.8) is 0 Å². The molecule has 5 nitrogen and oxygen atoms in total. The van der Waals surface area contributed by atoms with Crippen LogP contribution in [0.5, 0.6) is 0 Å². The molecule has 0 amide bonds. The first-order chi connectivity index (χ1) is 18.0. The average Bonchev–Trinajstić information content (AvgIpc) is 2.85. The summed E-state index contributed by atoms with van der Waals surface area (Å²) in [5.41, 5.74) is 0.900. The molecule has 3 fully saturated rings. The van der Waals surface area contributed by atoms with E-state index in [0.717, 1.165) is 51.4 Å². The Kier molecular flexibility index (Phi) is 7.78. The van der Waals surface area contributed by atoms with Crippen molar-refractivity contribution in [1.29, 1.82) is 0 Å². The summed E-state index contributed by atoms with van der Waals surface area (Å²) < 4.78 is 10.5. The second kappa shape index (κ2) is 10.0. The summed E-state index contributed by atoms with van der Waals surface area (Å²) in [5.74, 6) is -0.390. The molecule has 0 aromatic heterocycles. The third-order valence-corrected chi connectivity index (χ3v) is 12.8. The number of Topliss-reactive ketones (excluding diaryl/α,β-unsaturated/α-hetero) is 1. The number of methoxy groups -OCH3 is 2. The number of allylic oxidation sites excluding steroid dienone is 2. The van der Waals surface area contributed by atoms with Crippen LogP contribution in [0.2, 0.25) is 0 Å². The van der Waals surface area contributed by atoms with Gasteiger partial charge < -0.3 is 9.47 Å². The van der Waals surface area contributed by atoms with Crippen molar-refractivity contribution < 1.29 is 23.9 Å². The van der Waals surface area contributed by atoms with E-state index in [4.69, 9.17) is 9.47 Å². The number of hydrogen-bond acceptors (Lipinski definition) is 5. The second-order valence-corrected chi connectivity index (χ2v) is 15.6. The minimum absolute atomic E-state index is 0.0215. The Labute approximate surface area is 237 Å². The number of carbonyl (C=O) groups is 3. The van der Waals surface area contributed by atoms with Crippen molar-refractivity contribution in [2.75, 3.05) is 14.2 Å². The molecular formula is C34H54O5. The molecule has 0 radical (unpaired) electrons. The van der Waals surface area contributed by atoms with Gasteiger partial charge in [0, 0.05) is 5.41 Å². The van der Waals surface area contributed by atoms with Crippen molar-refractivity contribution >= 4 is 17.7 Å². The first-order valence-corrected chi connectivity index (χ1v) is 15.4. The lowest BCUT2D eigenvalue weighted by Crippen LogP contribution is -2.65. The Morgan fingerprint density at radius 2 is 1.62 bits per heavy atom. The molecule has 4 unspecified atom stereocenters. The summed E-state index contributed by atoms with van der Waals surface area (Å²) in [6, 6.07) is 0. The van der Waals surface area contributed by atoms with Gasteiger partial charge >= 0.3 is 11.9 Å². The molecule has 4 aliphatic rings. The Balaban J connectivity index is 1.81. The van der Waals surface area contributed by atoms with Crippen LogP contribution in [0.15, 0.2) is 11.6 Å². The van der Waals surface area contributed by atoms with Gasteiger partial charge in [0.1, 0.15) is 5.92 Å². The lowest BCUT2D eigenvalue weighted by molar-refractivity contribution is -0.194. The van der Waals surface area contributed by atoms with E-state index in [1.807, 2.05) is 0 Å². The number of ether oxygens (including phenoxy) is 2. The zero-order chi connectivity index (χ0) is 29.2. The lowest BCUT2D eigenvalue weighted by Gasteiger charge is -2.69. The molecular weight excluding hydrogens is 488 g/mol. The molecule has 0 bridgehead atoms. The van der Waals surface area contributed by atoms with E-state index in [9.17, 15) is 14.4 Å². The van der Waals surface area contributed by atoms with Gasteiger partial charge in [-0.2, -0.15) is 0 Å². The fourth-order valence-electron chi connectivity index (χ4n) is 10.8. The molecule has 4 rings (SSSR count). The van der Waals surface area contributed by atoms with Gasteiger partial charge in [0.15, 0.2) is 5.78 Å². The highest BCUT2D eigenvalue weighted by Gasteiger charge is 2.69. The topological polar surface area (TPSA) is 69.7 Å². The van der Waals surface area contributed by atoms with Crippen LogP contribution in [0.4, 0.5) is 0 Å². The van der Waals surface area contributed by atoms with Gasteiger partial charge in [-0.1, -0.05) is 73.5 Å². The number of fused-ring (bicyclic) bond motifs is 5. The minimum Gasteiger partial charge on any atom is -0.469 e. The summed E-state index contributed by atoms with van der Waals surface area (Å²) in [5, 5.41) is 0. The van der Waals surface area contributed by atoms with Gasteiger partial charge in [-0.15, -0.1) is 0 Å². The minimum atomic E-state index is -0.690. The fraction of sp³-hybridized carbons (Fsp3) is 0.853. The van der Waals surface area contributed by atoms with Crippen LogP contribution in [-0.2, 0) is 23.9 Å². The van der Waals surface area contributed by atoms with Gasteiger partial charge in [-0.3, -0.25) is 14.4 Å². The number of hydrogen-bond donors (Lipinski definition) is 0. The first-order valence-electron chi connectivity index (χ1n) is 15.4. The number of rotatable bonds is 6. The summed E-state index contributed by atoms with van der Waals surface area (Å²) in [4.78, 5) is 39.6. The highest BCUT2D eigenvalue weighted by Crippen LogP contribution is 2.74. The van der Waals surface area contributed by atoms with Crippen molar-refractivity contribution in [2.45, 2.75) is 113 Å². The molecule has 5 heteroatoms. The quantitative estimate of drug-likeness (QED) is 0.197. The molecule has 39 heavy (non-hydrogen) atoms. The highest BCUT2D eigenvalue weighted by molar-refractivity contribution is 6.02. The van der Waals surface area contributed by atoms with Crippen molar-refractivity contribution in [3.05, 3.63) is 11.6 Å². The molecule has 4 aliphatic carbocycles. The molecule has 0 heterocycles. The van der Waals surface area contributed by atoms with Crippen LogP contribution >= 0.6 is 0 Å². The summed E-state index contributed by atoms with van der Waals surface area (Å²) in [6.45, 7) is 18.4. The van der Waals surface area contributed by atoms with E-state index < -0.39 is 11.3 Å². The molecule has 0 saturated heterocycles. The van der Waals surface area contributed by atoms with Crippen LogP contribution in [0, 0.1) is 56.7 Å². The van der Waals surface area contributed by atoms with E-state index in [1.54, 1.807) is 0 Å². The smallest absolute Gasteiger partial charge is 0.316 e. The second-order valence-electron chi connectivity index (χ2n) is 15.6. The standard InChI is InChI=1S/C34H54O5/c1-11-16-30(2,3)19-22-21(28(36)38-9)14-17-33(7)24(22)12-13-26-32(6)20-23(29(37)39-10)27(35)31(4,5)25(32)15-18-34(26,33)8/h12,21-23,25-26H,11,13-20H2,1-10H3/t21-,22+,23?,25?,26?,32?,33+,34+/m0/s1. The van der Waals surface area contributed by atoms with Crippen LogP contribution in [-0.4, -0.2) is 31.9 Å². The molecule has 0 aliphatic heterocycles. The Morgan fingerprint density at radius 3 is 2.21 bits per heavy atom. The van der Waals surface area contributed by atoms with Crippen LogP contribution in [0.1, 0.15) is 113 Å². The zero-order valence-electron chi connectivity index (χ0n) is 26.4. The summed E-state index contributed by atoms with van der Waals surface area (Å²) in [6.07, 6.45) is 11.2. The Hall–Kier alpha value is -1.65. The molecule has 3 saturated carbocycles. The predicted octanol–water partition coefficient (Wildman–Crippen LogP) is 7.57. The molecule has 220 valence electrons. The molecule has 0 spiro atoms. The first kappa shape index (κ1) is 30.3. The largest absolute Gasteiger partial charge is 0.469 e. The van der Waals surface area contributed by atoms with Gasteiger partial charge in [0.05, 0.1) is 20.1 Å². The van der Waals surface area contributed by atoms with Crippen molar-refractivity contribution in [1.82, 2.24) is 0 Å². The summed E-state index contributed by atoms with van der Waals surface area (Å²) in [7, 11) is 2.93. The van der Waals surface area contributed by atoms with Gasteiger partial charge in [-0.05, 0) is 90.8 Å².